The fourth-order valence-electron chi connectivity index (χ4n) is 2.72. The number of halogens is 1. The van der Waals surface area contributed by atoms with Crippen molar-refractivity contribution in [1.82, 2.24) is 18.4 Å². The van der Waals surface area contributed by atoms with Crippen LogP contribution in [0.5, 0.6) is 0 Å². The van der Waals surface area contributed by atoms with E-state index in [0.29, 0.717) is 26.2 Å². The highest BCUT2D eigenvalue weighted by Crippen LogP contribution is 2.27. The van der Waals surface area contributed by atoms with Crippen LogP contribution in [0.1, 0.15) is 31.7 Å². The van der Waals surface area contributed by atoms with Crippen molar-refractivity contribution in [3.8, 4) is 0 Å². The summed E-state index contributed by atoms with van der Waals surface area (Å²) in [7, 11) is -3.27. The van der Waals surface area contributed by atoms with Crippen LogP contribution in [0.3, 0.4) is 0 Å². The van der Waals surface area contributed by atoms with Gasteiger partial charge in [0.05, 0.1) is 16.7 Å². The number of nitrogens with zero attached hydrogens (tertiary/aromatic N) is 4. The van der Waals surface area contributed by atoms with E-state index in [1.165, 1.54) is 0 Å². The predicted molar refractivity (Wildman–Crippen MR) is 79.5 cm³/mol. The Morgan fingerprint density at radius 3 is 2.30 bits per heavy atom. The maximum atomic E-state index is 12.5. The lowest BCUT2D eigenvalue weighted by molar-refractivity contribution is 0.177. The molecule has 0 N–H and O–H groups in total. The summed E-state index contributed by atoms with van der Waals surface area (Å²) in [5.41, 5.74) is 0. The first-order chi connectivity index (χ1) is 9.57. The second-order valence-corrected chi connectivity index (χ2v) is 8.27. The predicted octanol–water partition coefficient (Wildman–Crippen LogP) is 1.62. The molecule has 0 spiro atoms. The third-order valence-corrected chi connectivity index (χ3v) is 6.37. The average Bonchev–Trinajstić information content (AvgIpc) is 2.63. The highest BCUT2D eigenvalue weighted by atomic mass is 79.9. The molecule has 8 heteroatoms. The Bertz CT molecular complexity index is 560. The monoisotopic (exact) mass is 362 g/mol. The second kappa shape index (κ2) is 5.75. The van der Waals surface area contributed by atoms with Crippen LogP contribution in [0.25, 0.3) is 0 Å². The van der Waals surface area contributed by atoms with Crippen molar-refractivity contribution in [3.63, 3.8) is 0 Å². The molecule has 0 saturated carbocycles. The van der Waals surface area contributed by atoms with E-state index in [9.17, 15) is 8.42 Å². The van der Waals surface area contributed by atoms with Crippen molar-refractivity contribution >= 4 is 26.1 Å². The summed E-state index contributed by atoms with van der Waals surface area (Å²) >= 11 is 3.36. The molecule has 2 saturated heterocycles. The lowest BCUT2D eigenvalue weighted by Gasteiger charge is -2.40. The highest BCUT2D eigenvalue weighted by Gasteiger charge is 2.40. The molecule has 0 amide bonds. The van der Waals surface area contributed by atoms with Gasteiger partial charge in [-0.3, -0.25) is 4.68 Å². The molecule has 2 aliphatic heterocycles. The molecule has 2 fully saturated rings. The molecule has 112 valence electrons. The number of rotatable bonds is 3. The molecule has 1 aromatic heterocycles. The zero-order valence-electron chi connectivity index (χ0n) is 11.3. The summed E-state index contributed by atoms with van der Waals surface area (Å²) < 4.78 is 31.0. The molecule has 0 aliphatic carbocycles. The van der Waals surface area contributed by atoms with E-state index in [2.05, 4.69) is 21.0 Å². The van der Waals surface area contributed by atoms with Crippen LogP contribution in [0.2, 0.25) is 0 Å². The zero-order valence-corrected chi connectivity index (χ0v) is 13.7. The van der Waals surface area contributed by atoms with Crippen LogP contribution in [0.15, 0.2) is 16.9 Å². The van der Waals surface area contributed by atoms with Crippen LogP contribution >= 0.6 is 15.9 Å². The molecule has 0 radical (unpaired) electrons. The van der Waals surface area contributed by atoms with E-state index < -0.39 is 10.2 Å². The van der Waals surface area contributed by atoms with Crippen LogP contribution in [-0.2, 0) is 10.2 Å². The molecule has 0 aromatic carbocycles. The molecular weight excluding hydrogens is 344 g/mol. The van der Waals surface area contributed by atoms with Gasteiger partial charge in [-0.05, 0) is 28.8 Å². The van der Waals surface area contributed by atoms with Crippen molar-refractivity contribution in [2.45, 2.75) is 31.7 Å². The zero-order chi connectivity index (χ0) is 14.2. The van der Waals surface area contributed by atoms with Crippen LogP contribution in [0, 0.1) is 0 Å². The van der Waals surface area contributed by atoms with Gasteiger partial charge in [-0.1, -0.05) is 12.8 Å². The fraction of sp³-hybridized carbons (Fsp3) is 0.750. The third kappa shape index (κ3) is 2.79. The van der Waals surface area contributed by atoms with E-state index in [4.69, 9.17) is 0 Å². The largest absolute Gasteiger partial charge is 0.282 e. The topological polar surface area (TPSA) is 58.4 Å². The van der Waals surface area contributed by atoms with Gasteiger partial charge in [0.2, 0.25) is 0 Å². The first-order valence-electron chi connectivity index (χ1n) is 7.02. The highest BCUT2D eigenvalue weighted by molar-refractivity contribution is 9.10. The lowest BCUT2D eigenvalue weighted by Crippen LogP contribution is -2.55. The van der Waals surface area contributed by atoms with E-state index in [0.717, 1.165) is 30.2 Å². The molecule has 20 heavy (non-hydrogen) atoms. The van der Waals surface area contributed by atoms with Gasteiger partial charge in [0.1, 0.15) is 0 Å². The van der Waals surface area contributed by atoms with Gasteiger partial charge in [-0.15, -0.1) is 0 Å². The Kier molecular flexibility index (Phi) is 4.16. The smallest absolute Gasteiger partial charge is 0.266 e. The third-order valence-electron chi connectivity index (χ3n) is 3.99. The molecule has 2 aliphatic rings. The van der Waals surface area contributed by atoms with Gasteiger partial charge < -0.3 is 0 Å². The lowest BCUT2D eigenvalue weighted by atomic mass is 10.2. The van der Waals surface area contributed by atoms with Crippen LogP contribution in [0.4, 0.5) is 0 Å². The summed E-state index contributed by atoms with van der Waals surface area (Å²) in [6, 6.07) is 0.156. The summed E-state index contributed by atoms with van der Waals surface area (Å²) in [5.74, 6) is 0. The van der Waals surface area contributed by atoms with E-state index in [1.807, 2.05) is 10.9 Å². The quantitative estimate of drug-likeness (QED) is 0.820. The SMILES string of the molecule is O=S(=O)(N1CCCCCC1)N1CC(n2cc(Br)cn2)C1. The van der Waals surface area contributed by atoms with Gasteiger partial charge >= 0.3 is 0 Å². The number of aromatic nitrogens is 2. The van der Waals surface area contributed by atoms with E-state index >= 15 is 0 Å². The summed E-state index contributed by atoms with van der Waals surface area (Å²) in [5, 5.41) is 4.22. The Hall–Kier alpha value is -0.440. The van der Waals surface area contributed by atoms with E-state index in [-0.39, 0.29) is 6.04 Å². The molecule has 3 rings (SSSR count). The Morgan fingerprint density at radius 2 is 1.75 bits per heavy atom. The van der Waals surface area contributed by atoms with Crippen molar-refractivity contribution in [1.29, 1.82) is 0 Å². The molecule has 0 atom stereocenters. The van der Waals surface area contributed by atoms with Gasteiger partial charge in [-0.2, -0.15) is 22.1 Å². The van der Waals surface area contributed by atoms with Crippen LogP contribution in [-0.4, -0.2) is 53.0 Å². The molecule has 0 bridgehead atoms. The molecule has 0 unspecified atom stereocenters. The maximum Gasteiger partial charge on any atom is 0.282 e. The maximum absolute atomic E-state index is 12.5. The summed E-state index contributed by atoms with van der Waals surface area (Å²) in [6.45, 7) is 2.37. The summed E-state index contributed by atoms with van der Waals surface area (Å²) in [6.07, 6.45) is 7.84. The van der Waals surface area contributed by atoms with Crippen molar-refractivity contribution in [2.75, 3.05) is 26.2 Å². The number of hydrogen-bond acceptors (Lipinski definition) is 3. The van der Waals surface area contributed by atoms with Gasteiger partial charge in [0.15, 0.2) is 0 Å². The van der Waals surface area contributed by atoms with Crippen molar-refractivity contribution < 1.29 is 8.42 Å². The Morgan fingerprint density at radius 1 is 1.10 bits per heavy atom. The fourth-order valence-corrected chi connectivity index (χ4v) is 4.79. The van der Waals surface area contributed by atoms with Gasteiger partial charge in [0.25, 0.3) is 10.2 Å². The molecule has 6 nitrogen and oxygen atoms in total. The molecule has 1 aromatic rings. The minimum Gasteiger partial charge on any atom is -0.266 e. The summed E-state index contributed by atoms with van der Waals surface area (Å²) in [4.78, 5) is 0. The van der Waals surface area contributed by atoms with Crippen molar-refractivity contribution in [2.24, 2.45) is 0 Å². The molecule has 3 heterocycles. The Labute approximate surface area is 128 Å². The number of hydrogen-bond donors (Lipinski definition) is 0. The van der Waals surface area contributed by atoms with Gasteiger partial charge in [0, 0.05) is 32.4 Å². The molecular formula is C12H19BrN4O2S. The van der Waals surface area contributed by atoms with E-state index in [1.54, 1.807) is 14.8 Å². The van der Waals surface area contributed by atoms with Crippen LogP contribution < -0.4 is 0 Å². The second-order valence-electron chi connectivity index (χ2n) is 5.43. The Balaban J connectivity index is 1.63. The normalized spacial score (nSPS) is 23.4. The standard InChI is InChI=1S/C12H19BrN4O2S/c13-11-7-14-17(8-11)12-9-16(10-12)20(18,19)15-5-3-1-2-4-6-15/h7-8,12H,1-6,9-10H2. The minimum atomic E-state index is -3.27. The average molecular weight is 363 g/mol. The first kappa shape index (κ1) is 14.5. The minimum absolute atomic E-state index is 0.156. The first-order valence-corrected chi connectivity index (χ1v) is 9.21. The van der Waals surface area contributed by atoms with Crippen molar-refractivity contribution in [3.05, 3.63) is 16.9 Å². The van der Waals surface area contributed by atoms with Gasteiger partial charge in [-0.25, -0.2) is 0 Å².